The summed E-state index contributed by atoms with van der Waals surface area (Å²) in [4.78, 5) is 18.6. The van der Waals surface area contributed by atoms with Crippen LogP contribution in [0.2, 0.25) is 5.02 Å². The fourth-order valence-corrected chi connectivity index (χ4v) is 1.47. The minimum Gasteiger partial charge on any atom is -0.478 e. The lowest BCUT2D eigenvalue weighted by Crippen LogP contribution is -2.01. The van der Waals surface area contributed by atoms with Gasteiger partial charge in [0.25, 0.3) is 0 Å². The number of aromatic nitrogens is 2. The Kier molecular flexibility index (Phi) is 3.59. The number of ether oxygens (including phenoxy) is 1. The molecule has 7 heteroatoms. The molecule has 0 atom stereocenters. The van der Waals surface area contributed by atoms with Gasteiger partial charge < -0.3 is 9.84 Å². The second-order valence-corrected chi connectivity index (χ2v) is 3.82. The van der Waals surface area contributed by atoms with Gasteiger partial charge in [0.15, 0.2) is 0 Å². The molecule has 0 spiro atoms. The van der Waals surface area contributed by atoms with E-state index < -0.39 is 5.97 Å². The first-order chi connectivity index (χ1) is 9.10. The van der Waals surface area contributed by atoms with Crippen LogP contribution in [0.25, 0.3) is 0 Å². The van der Waals surface area contributed by atoms with Crippen molar-refractivity contribution in [2.45, 2.75) is 0 Å². The van der Waals surface area contributed by atoms with Gasteiger partial charge in [0.1, 0.15) is 23.1 Å². The maximum Gasteiger partial charge on any atom is 0.339 e. The Hall–Kier alpha value is -2.65. The molecule has 1 aromatic heterocycles. The highest BCUT2D eigenvalue weighted by molar-refractivity contribution is 6.30. The summed E-state index contributed by atoms with van der Waals surface area (Å²) in [6, 6.07) is 7.20. The average Bonchev–Trinajstić information content (AvgIpc) is 2.38. The summed E-state index contributed by atoms with van der Waals surface area (Å²) in [7, 11) is 0. The van der Waals surface area contributed by atoms with Crippen molar-refractivity contribution >= 4 is 17.6 Å². The molecule has 0 bridgehead atoms. The van der Waals surface area contributed by atoms with Crippen LogP contribution in [0, 0.1) is 11.3 Å². The van der Waals surface area contributed by atoms with Crippen LogP contribution >= 0.6 is 11.6 Å². The number of carboxylic acid groups (broad SMARTS) is 1. The molecule has 0 radical (unpaired) electrons. The highest BCUT2D eigenvalue weighted by Gasteiger charge is 2.13. The van der Waals surface area contributed by atoms with Crippen molar-refractivity contribution in [1.82, 2.24) is 9.97 Å². The van der Waals surface area contributed by atoms with E-state index in [0.717, 1.165) is 0 Å². The first kappa shape index (κ1) is 12.8. The van der Waals surface area contributed by atoms with Gasteiger partial charge in [0.05, 0.1) is 0 Å². The van der Waals surface area contributed by atoms with Gasteiger partial charge in [0.2, 0.25) is 0 Å². The van der Waals surface area contributed by atoms with Crippen LogP contribution in [0.3, 0.4) is 0 Å². The summed E-state index contributed by atoms with van der Waals surface area (Å²) >= 11 is 5.78. The molecule has 0 saturated carbocycles. The van der Waals surface area contributed by atoms with E-state index in [4.69, 9.17) is 26.7 Å². The minimum atomic E-state index is -1.16. The molecule has 0 unspecified atom stereocenters. The van der Waals surface area contributed by atoms with Gasteiger partial charge in [-0.1, -0.05) is 11.6 Å². The van der Waals surface area contributed by atoms with Crippen molar-refractivity contribution in [3.8, 4) is 17.8 Å². The van der Waals surface area contributed by atoms with Gasteiger partial charge in [0, 0.05) is 17.3 Å². The summed E-state index contributed by atoms with van der Waals surface area (Å²) in [5.41, 5.74) is 0.0410. The Balaban J connectivity index is 2.40. The minimum absolute atomic E-state index is 0.00934. The van der Waals surface area contributed by atoms with Crippen molar-refractivity contribution in [1.29, 1.82) is 5.26 Å². The van der Waals surface area contributed by atoms with E-state index in [1.54, 1.807) is 0 Å². The van der Waals surface area contributed by atoms with Crippen LogP contribution in [0.1, 0.15) is 16.1 Å². The topological polar surface area (TPSA) is 96.1 Å². The molecule has 0 aliphatic heterocycles. The Morgan fingerprint density at radius 2 is 2.21 bits per heavy atom. The molecule has 19 heavy (non-hydrogen) atoms. The number of halogens is 1. The van der Waals surface area contributed by atoms with Crippen LogP contribution in [0.4, 0.5) is 0 Å². The number of aromatic carboxylic acids is 1. The van der Waals surface area contributed by atoms with Gasteiger partial charge in [-0.15, -0.1) is 0 Å². The molecule has 94 valence electrons. The molecule has 0 amide bonds. The fourth-order valence-electron chi connectivity index (χ4n) is 1.31. The zero-order chi connectivity index (χ0) is 13.8. The molecule has 1 aromatic carbocycles. The third kappa shape index (κ3) is 2.97. The predicted molar refractivity (Wildman–Crippen MR) is 65.2 cm³/mol. The van der Waals surface area contributed by atoms with Crippen molar-refractivity contribution in [3.05, 3.63) is 46.7 Å². The van der Waals surface area contributed by atoms with E-state index in [-0.39, 0.29) is 23.0 Å². The van der Waals surface area contributed by atoms with E-state index in [0.29, 0.717) is 5.02 Å². The van der Waals surface area contributed by atoms with Crippen LogP contribution in [-0.4, -0.2) is 21.0 Å². The van der Waals surface area contributed by atoms with Crippen molar-refractivity contribution in [3.63, 3.8) is 0 Å². The first-order valence-electron chi connectivity index (χ1n) is 5.04. The zero-order valence-corrected chi connectivity index (χ0v) is 10.1. The number of rotatable bonds is 3. The van der Waals surface area contributed by atoms with E-state index >= 15 is 0 Å². The number of nitrogens with zero attached hydrogens (tertiary/aromatic N) is 3. The van der Waals surface area contributed by atoms with Crippen molar-refractivity contribution in [2.24, 2.45) is 0 Å². The first-order valence-corrected chi connectivity index (χ1v) is 5.42. The molecular weight excluding hydrogens is 270 g/mol. The molecule has 0 saturated heterocycles. The van der Waals surface area contributed by atoms with Crippen molar-refractivity contribution in [2.75, 3.05) is 0 Å². The standard InChI is InChI=1S/C12H6ClN3O3/c13-7-1-2-9(11(17)18)10(5-7)19-12-15-4-3-8(6-14)16-12/h1-5H,(H,17,18). The lowest BCUT2D eigenvalue weighted by atomic mass is 10.2. The van der Waals surface area contributed by atoms with Gasteiger partial charge in [-0.05, 0) is 18.2 Å². The summed E-state index contributed by atoms with van der Waals surface area (Å²) in [5.74, 6) is -1.15. The Morgan fingerprint density at radius 1 is 1.42 bits per heavy atom. The largest absolute Gasteiger partial charge is 0.478 e. The zero-order valence-electron chi connectivity index (χ0n) is 9.37. The quantitative estimate of drug-likeness (QED) is 0.924. The monoisotopic (exact) mass is 275 g/mol. The molecular formula is C12H6ClN3O3. The number of carbonyl (C=O) groups is 1. The van der Waals surface area contributed by atoms with E-state index in [2.05, 4.69) is 9.97 Å². The van der Waals surface area contributed by atoms with Crippen LogP contribution in [0.5, 0.6) is 11.8 Å². The van der Waals surface area contributed by atoms with Gasteiger partial charge >= 0.3 is 12.0 Å². The molecule has 0 aliphatic carbocycles. The van der Waals surface area contributed by atoms with Gasteiger partial charge in [-0.2, -0.15) is 10.2 Å². The number of nitriles is 1. The van der Waals surface area contributed by atoms with E-state index in [9.17, 15) is 4.79 Å². The fraction of sp³-hybridized carbons (Fsp3) is 0. The van der Waals surface area contributed by atoms with E-state index in [1.807, 2.05) is 6.07 Å². The smallest absolute Gasteiger partial charge is 0.339 e. The van der Waals surface area contributed by atoms with Gasteiger partial charge in [-0.25, -0.2) is 9.78 Å². The molecule has 6 nitrogen and oxygen atoms in total. The summed E-state index contributed by atoms with van der Waals surface area (Å²) in [6.45, 7) is 0. The molecule has 2 rings (SSSR count). The van der Waals surface area contributed by atoms with E-state index in [1.165, 1.54) is 30.5 Å². The van der Waals surface area contributed by atoms with Crippen LogP contribution in [-0.2, 0) is 0 Å². The summed E-state index contributed by atoms with van der Waals surface area (Å²) in [6.07, 6.45) is 1.34. The Bertz CT molecular complexity index is 682. The normalized spacial score (nSPS) is 9.68. The third-order valence-corrected chi connectivity index (χ3v) is 2.36. The third-order valence-electron chi connectivity index (χ3n) is 2.12. The molecule has 1 N–H and O–H groups in total. The molecule has 0 fully saturated rings. The summed E-state index contributed by atoms with van der Waals surface area (Å²) in [5, 5.41) is 18.0. The number of benzene rings is 1. The lowest BCUT2D eigenvalue weighted by Gasteiger charge is -2.07. The number of carboxylic acids is 1. The maximum atomic E-state index is 11.0. The average molecular weight is 276 g/mol. The second-order valence-electron chi connectivity index (χ2n) is 3.38. The predicted octanol–water partition coefficient (Wildman–Crippen LogP) is 2.49. The molecule has 1 heterocycles. The highest BCUT2D eigenvalue weighted by Crippen LogP contribution is 2.26. The van der Waals surface area contributed by atoms with Gasteiger partial charge in [-0.3, -0.25) is 0 Å². The number of hydrogen-bond donors (Lipinski definition) is 1. The Morgan fingerprint density at radius 3 is 2.89 bits per heavy atom. The maximum absolute atomic E-state index is 11.0. The second kappa shape index (κ2) is 5.33. The van der Waals surface area contributed by atoms with Crippen molar-refractivity contribution < 1.29 is 14.6 Å². The summed E-state index contributed by atoms with van der Waals surface area (Å²) < 4.78 is 5.26. The SMILES string of the molecule is N#Cc1ccnc(Oc2cc(Cl)ccc2C(=O)O)n1. The molecule has 2 aromatic rings. The van der Waals surface area contributed by atoms with Crippen LogP contribution < -0.4 is 4.74 Å². The molecule has 0 aliphatic rings. The lowest BCUT2D eigenvalue weighted by molar-refractivity contribution is 0.0694. The highest BCUT2D eigenvalue weighted by atomic mass is 35.5. The van der Waals surface area contributed by atoms with Crippen LogP contribution in [0.15, 0.2) is 30.5 Å². The Labute approximate surface area is 112 Å². The number of hydrogen-bond acceptors (Lipinski definition) is 5.